The molecule has 1 aliphatic rings. The second-order valence-corrected chi connectivity index (χ2v) is 3.63. The topological polar surface area (TPSA) is 23.5 Å². The van der Waals surface area contributed by atoms with Gasteiger partial charge in [0.2, 0.25) is 0 Å². The monoisotopic (exact) mass is 143 g/mol. The molecule has 0 amide bonds. The Kier molecular flexibility index (Phi) is 2.32. The molecule has 2 heteroatoms. The Labute approximate surface area is 62.8 Å². The van der Waals surface area contributed by atoms with E-state index in [2.05, 4.69) is 18.7 Å². The first-order valence-corrected chi connectivity index (χ1v) is 4.03. The molecule has 1 rings (SSSR count). The average Bonchev–Trinajstić information content (AvgIpc) is 1.87. The summed E-state index contributed by atoms with van der Waals surface area (Å²) in [5, 5.41) is 8.58. The predicted molar refractivity (Wildman–Crippen MR) is 42.0 cm³/mol. The van der Waals surface area contributed by atoms with Crippen LogP contribution in [0.1, 0.15) is 26.7 Å². The first-order chi connectivity index (χ1) is 4.67. The van der Waals surface area contributed by atoms with Gasteiger partial charge in [0.1, 0.15) is 0 Å². The lowest BCUT2D eigenvalue weighted by Gasteiger charge is -2.48. The molecule has 1 fully saturated rings. The summed E-state index contributed by atoms with van der Waals surface area (Å²) in [6.07, 6.45) is 2.22. The molecule has 10 heavy (non-hydrogen) atoms. The summed E-state index contributed by atoms with van der Waals surface area (Å²) >= 11 is 0. The molecular weight excluding hydrogens is 126 g/mol. The van der Waals surface area contributed by atoms with Gasteiger partial charge in [-0.1, -0.05) is 0 Å². The van der Waals surface area contributed by atoms with Crippen molar-refractivity contribution in [3.63, 3.8) is 0 Å². The van der Waals surface area contributed by atoms with E-state index in [1.807, 2.05) is 0 Å². The van der Waals surface area contributed by atoms with E-state index in [-0.39, 0.29) is 0 Å². The van der Waals surface area contributed by atoms with Crippen molar-refractivity contribution in [1.82, 2.24) is 4.90 Å². The smallest absolute Gasteiger partial charge is 0.0443 e. The third kappa shape index (κ3) is 1.50. The maximum Gasteiger partial charge on any atom is 0.0443 e. The summed E-state index contributed by atoms with van der Waals surface area (Å²) in [5.41, 5.74) is 0.412. The Bertz CT molecular complexity index is 112. The van der Waals surface area contributed by atoms with Crippen molar-refractivity contribution >= 4 is 0 Å². The second-order valence-electron chi connectivity index (χ2n) is 3.63. The molecule has 1 saturated heterocycles. The van der Waals surface area contributed by atoms with Crippen molar-refractivity contribution in [2.45, 2.75) is 32.2 Å². The van der Waals surface area contributed by atoms with E-state index in [1.165, 1.54) is 13.0 Å². The first kappa shape index (κ1) is 8.02. The first-order valence-electron chi connectivity index (χ1n) is 4.03. The third-order valence-electron chi connectivity index (χ3n) is 2.44. The van der Waals surface area contributed by atoms with Crippen molar-refractivity contribution in [2.24, 2.45) is 0 Å². The van der Waals surface area contributed by atoms with Gasteiger partial charge in [-0.25, -0.2) is 0 Å². The van der Waals surface area contributed by atoms with Gasteiger partial charge in [0, 0.05) is 25.2 Å². The molecule has 0 aromatic rings. The van der Waals surface area contributed by atoms with E-state index in [4.69, 9.17) is 5.11 Å². The fourth-order valence-corrected chi connectivity index (χ4v) is 1.39. The Morgan fingerprint density at radius 1 is 1.50 bits per heavy atom. The van der Waals surface area contributed by atoms with Crippen LogP contribution < -0.4 is 0 Å². The van der Waals surface area contributed by atoms with Gasteiger partial charge >= 0.3 is 0 Å². The van der Waals surface area contributed by atoms with Crippen molar-refractivity contribution in [2.75, 3.05) is 19.7 Å². The highest BCUT2D eigenvalue weighted by molar-refractivity contribution is 4.91. The Morgan fingerprint density at radius 3 is 2.50 bits per heavy atom. The molecule has 0 aromatic carbocycles. The molecule has 0 spiro atoms. The van der Waals surface area contributed by atoms with Crippen LogP contribution in [0.15, 0.2) is 0 Å². The minimum atomic E-state index is 0.326. The van der Waals surface area contributed by atoms with Crippen LogP contribution in [0.4, 0.5) is 0 Å². The highest BCUT2D eigenvalue weighted by Gasteiger charge is 2.34. The molecule has 1 N–H and O–H groups in total. The van der Waals surface area contributed by atoms with E-state index < -0.39 is 0 Å². The van der Waals surface area contributed by atoms with Crippen LogP contribution >= 0.6 is 0 Å². The minimum absolute atomic E-state index is 0.326. The van der Waals surface area contributed by atoms with Crippen molar-refractivity contribution < 1.29 is 5.11 Å². The summed E-state index contributed by atoms with van der Waals surface area (Å²) in [5.74, 6) is 0. The highest BCUT2D eigenvalue weighted by atomic mass is 16.3. The van der Waals surface area contributed by atoms with Gasteiger partial charge in [0.25, 0.3) is 0 Å². The maximum atomic E-state index is 8.58. The molecule has 0 atom stereocenters. The molecular formula is C8H17NO. The summed E-state index contributed by atoms with van der Waals surface area (Å²) < 4.78 is 0. The standard InChI is InChI=1S/C8H17NO/c1-8(2)4-6-9(8)5-3-7-10/h10H,3-7H2,1-2H3. The van der Waals surface area contributed by atoms with E-state index in [9.17, 15) is 0 Å². The van der Waals surface area contributed by atoms with Crippen LogP contribution in [0.5, 0.6) is 0 Å². The SMILES string of the molecule is CC1(C)CCN1CCCO. The number of rotatable bonds is 3. The molecule has 1 aliphatic heterocycles. The van der Waals surface area contributed by atoms with Crippen molar-refractivity contribution in [3.05, 3.63) is 0 Å². The average molecular weight is 143 g/mol. The van der Waals surface area contributed by atoms with Gasteiger partial charge in [-0.05, 0) is 26.7 Å². The molecule has 0 unspecified atom stereocenters. The fourth-order valence-electron chi connectivity index (χ4n) is 1.39. The van der Waals surface area contributed by atoms with Crippen LogP contribution in [-0.4, -0.2) is 35.2 Å². The molecule has 2 nitrogen and oxygen atoms in total. The minimum Gasteiger partial charge on any atom is -0.396 e. The van der Waals surface area contributed by atoms with E-state index in [0.29, 0.717) is 12.1 Å². The summed E-state index contributed by atoms with van der Waals surface area (Å²) in [4.78, 5) is 2.42. The Morgan fingerprint density at radius 2 is 2.20 bits per heavy atom. The number of likely N-dealkylation sites (tertiary alicyclic amines) is 1. The highest BCUT2D eigenvalue weighted by Crippen LogP contribution is 2.28. The predicted octanol–water partition coefficient (Wildman–Crippen LogP) is 0.853. The molecule has 1 heterocycles. The number of hydrogen-bond donors (Lipinski definition) is 1. The number of aliphatic hydroxyl groups is 1. The molecule has 0 aliphatic carbocycles. The molecule has 0 aromatic heterocycles. The lowest BCUT2D eigenvalue weighted by molar-refractivity contribution is 0.0115. The molecule has 0 radical (unpaired) electrons. The van der Waals surface area contributed by atoms with Gasteiger partial charge in [-0.2, -0.15) is 0 Å². The summed E-state index contributed by atoms with van der Waals surface area (Å²) in [7, 11) is 0. The zero-order valence-corrected chi connectivity index (χ0v) is 6.93. The Hall–Kier alpha value is -0.0800. The third-order valence-corrected chi connectivity index (χ3v) is 2.44. The largest absolute Gasteiger partial charge is 0.396 e. The number of aliphatic hydroxyl groups excluding tert-OH is 1. The lowest BCUT2D eigenvalue weighted by Crippen LogP contribution is -2.55. The van der Waals surface area contributed by atoms with Crippen LogP contribution in [-0.2, 0) is 0 Å². The van der Waals surface area contributed by atoms with Gasteiger partial charge in [-0.3, -0.25) is 4.90 Å². The molecule has 0 bridgehead atoms. The van der Waals surface area contributed by atoms with Gasteiger partial charge in [-0.15, -0.1) is 0 Å². The van der Waals surface area contributed by atoms with Gasteiger partial charge in [0.05, 0.1) is 0 Å². The van der Waals surface area contributed by atoms with E-state index >= 15 is 0 Å². The maximum absolute atomic E-state index is 8.58. The Balaban J connectivity index is 2.17. The lowest BCUT2D eigenvalue weighted by atomic mass is 9.89. The van der Waals surface area contributed by atoms with Crippen molar-refractivity contribution in [3.8, 4) is 0 Å². The molecule has 0 saturated carbocycles. The van der Waals surface area contributed by atoms with Crippen LogP contribution in [0.3, 0.4) is 0 Å². The van der Waals surface area contributed by atoms with Gasteiger partial charge < -0.3 is 5.11 Å². The van der Waals surface area contributed by atoms with E-state index in [0.717, 1.165) is 13.0 Å². The summed E-state index contributed by atoms with van der Waals surface area (Å²) in [6, 6.07) is 0. The van der Waals surface area contributed by atoms with E-state index in [1.54, 1.807) is 0 Å². The molecule has 60 valence electrons. The van der Waals surface area contributed by atoms with Crippen LogP contribution in [0, 0.1) is 0 Å². The zero-order chi connectivity index (χ0) is 7.61. The van der Waals surface area contributed by atoms with Gasteiger partial charge in [0.15, 0.2) is 0 Å². The number of nitrogens with zero attached hydrogens (tertiary/aromatic N) is 1. The zero-order valence-electron chi connectivity index (χ0n) is 6.93. The summed E-state index contributed by atoms with van der Waals surface area (Å²) in [6.45, 7) is 7.12. The quantitative estimate of drug-likeness (QED) is 0.633. The second kappa shape index (κ2) is 2.89. The van der Waals surface area contributed by atoms with Crippen LogP contribution in [0.2, 0.25) is 0 Å². The normalized spacial score (nSPS) is 24.3. The van der Waals surface area contributed by atoms with Crippen molar-refractivity contribution in [1.29, 1.82) is 0 Å². The number of hydrogen-bond acceptors (Lipinski definition) is 2. The van der Waals surface area contributed by atoms with Crippen LogP contribution in [0.25, 0.3) is 0 Å². The fraction of sp³-hybridized carbons (Fsp3) is 1.00.